The first-order valence-electron chi connectivity index (χ1n) is 6.80. The van der Waals surface area contributed by atoms with Gasteiger partial charge in [0.15, 0.2) is 0 Å². The molecule has 110 valence electrons. The molecule has 5 nitrogen and oxygen atoms in total. The molecule has 0 saturated carbocycles. The van der Waals surface area contributed by atoms with Crippen LogP contribution in [0.5, 0.6) is 0 Å². The van der Waals surface area contributed by atoms with Crippen molar-refractivity contribution in [3.05, 3.63) is 54.1 Å². The Morgan fingerprint density at radius 3 is 2.57 bits per heavy atom. The van der Waals surface area contributed by atoms with Crippen molar-refractivity contribution in [2.24, 2.45) is 5.73 Å². The largest absolute Gasteiger partial charge is 0.389 e. The van der Waals surface area contributed by atoms with Gasteiger partial charge in [0.2, 0.25) is 0 Å². The summed E-state index contributed by atoms with van der Waals surface area (Å²) < 4.78 is 2.02. The SMILES string of the molecule is NC(=S)c1ccc(C(=O)NCCCCn2ccnc2)cc1. The van der Waals surface area contributed by atoms with Gasteiger partial charge < -0.3 is 15.6 Å². The van der Waals surface area contributed by atoms with Gasteiger partial charge >= 0.3 is 0 Å². The fourth-order valence-electron chi connectivity index (χ4n) is 1.93. The monoisotopic (exact) mass is 302 g/mol. The van der Waals surface area contributed by atoms with Crippen LogP contribution in [0.3, 0.4) is 0 Å². The van der Waals surface area contributed by atoms with Crippen molar-refractivity contribution in [3.63, 3.8) is 0 Å². The minimum atomic E-state index is -0.0767. The van der Waals surface area contributed by atoms with Crippen molar-refractivity contribution in [2.45, 2.75) is 19.4 Å². The summed E-state index contributed by atoms with van der Waals surface area (Å²) in [6, 6.07) is 6.98. The van der Waals surface area contributed by atoms with E-state index in [1.807, 2.05) is 10.8 Å². The molecule has 3 N–H and O–H groups in total. The summed E-state index contributed by atoms with van der Waals surface area (Å²) in [5.74, 6) is -0.0767. The average Bonchev–Trinajstić information content (AvgIpc) is 3.00. The van der Waals surface area contributed by atoms with E-state index in [0.29, 0.717) is 17.1 Å². The molecule has 0 aliphatic heterocycles. The molecule has 0 unspecified atom stereocenters. The van der Waals surface area contributed by atoms with E-state index in [0.717, 1.165) is 24.9 Å². The van der Waals surface area contributed by atoms with E-state index < -0.39 is 0 Å². The molecule has 1 amide bonds. The maximum Gasteiger partial charge on any atom is 0.251 e. The molecule has 6 heteroatoms. The smallest absolute Gasteiger partial charge is 0.251 e. The lowest BCUT2D eigenvalue weighted by atomic mass is 10.1. The first-order valence-corrected chi connectivity index (χ1v) is 7.21. The number of carbonyl (C=O) groups excluding carboxylic acids is 1. The molecule has 2 aromatic rings. The second-order valence-electron chi connectivity index (χ2n) is 4.71. The Morgan fingerprint density at radius 1 is 1.24 bits per heavy atom. The van der Waals surface area contributed by atoms with Crippen LogP contribution in [-0.4, -0.2) is 27.0 Å². The molecular weight excluding hydrogens is 284 g/mol. The van der Waals surface area contributed by atoms with Gasteiger partial charge in [-0.15, -0.1) is 0 Å². The number of carbonyl (C=O) groups is 1. The van der Waals surface area contributed by atoms with E-state index in [1.165, 1.54) is 0 Å². The predicted octanol–water partition coefficient (Wildman–Crippen LogP) is 1.73. The molecule has 0 bridgehead atoms. The Bertz CT molecular complexity index is 593. The van der Waals surface area contributed by atoms with Crippen LogP contribution in [0.15, 0.2) is 43.0 Å². The summed E-state index contributed by atoms with van der Waals surface area (Å²) in [5.41, 5.74) is 6.90. The number of aryl methyl sites for hydroxylation is 1. The zero-order valence-corrected chi connectivity index (χ0v) is 12.5. The minimum absolute atomic E-state index is 0.0767. The number of hydrogen-bond acceptors (Lipinski definition) is 3. The number of hydrogen-bond donors (Lipinski definition) is 2. The maximum absolute atomic E-state index is 11.9. The Morgan fingerprint density at radius 2 is 1.95 bits per heavy atom. The summed E-state index contributed by atoms with van der Waals surface area (Å²) in [6.45, 7) is 1.57. The molecule has 2 rings (SSSR count). The van der Waals surface area contributed by atoms with Crippen LogP contribution < -0.4 is 11.1 Å². The number of thiocarbonyl (C=S) groups is 1. The minimum Gasteiger partial charge on any atom is -0.389 e. The standard InChI is InChI=1S/C15H18N4OS/c16-14(21)12-3-5-13(6-4-12)15(20)18-7-1-2-9-19-10-8-17-11-19/h3-6,8,10-11H,1-2,7,9H2,(H2,16,21)(H,18,20). The van der Waals surface area contributed by atoms with Gasteiger partial charge in [0, 0.05) is 36.6 Å². The predicted molar refractivity (Wildman–Crippen MR) is 86.1 cm³/mol. The lowest BCUT2D eigenvalue weighted by molar-refractivity contribution is 0.0953. The zero-order valence-electron chi connectivity index (χ0n) is 11.7. The number of rotatable bonds is 7. The molecule has 0 spiro atoms. The summed E-state index contributed by atoms with van der Waals surface area (Å²) in [7, 11) is 0. The Labute approximate surface area is 129 Å². The molecule has 1 aromatic carbocycles. The molecule has 21 heavy (non-hydrogen) atoms. The summed E-state index contributed by atoms with van der Waals surface area (Å²) in [4.78, 5) is 16.2. The van der Waals surface area contributed by atoms with E-state index in [9.17, 15) is 4.79 Å². The Balaban J connectivity index is 1.70. The number of nitrogens with one attached hydrogen (secondary N) is 1. The van der Waals surface area contributed by atoms with Gasteiger partial charge in [-0.1, -0.05) is 24.4 Å². The topological polar surface area (TPSA) is 72.9 Å². The fraction of sp³-hybridized carbons (Fsp3) is 0.267. The quantitative estimate of drug-likeness (QED) is 0.603. The highest BCUT2D eigenvalue weighted by molar-refractivity contribution is 7.80. The van der Waals surface area contributed by atoms with Crippen molar-refractivity contribution in [2.75, 3.05) is 6.54 Å². The zero-order chi connectivity index (χ0) is 15.1. The van der Waals surface area contributed by atoms with Gasteiger partial charge in [-0.25, -0.2) is 4.98 Å². The molecule has 1 heterocycles. The van der Waals surface area contributed by atoms with Crippen LogP contribution in [0, 0.1) is 0 Å². The number of benzene rings is 1. The normalized spacial score (nSPS) is 10.3. The molecule has 1 aromatic heterocycles. The third-order valence-electron chi connectivity index (χ3n) is 3.12. The summed E-state index contributed by atoms with van der Waals surface area (Å²) >= 11 is 4.87. The molecule has 0 atom stereocenters. The van der Waals surface area contributed by atoms with Gasteiger partial charge in [-0.05, 0) is 25.0 Å². The maximum atomic E-state index is 11.9. The first kappa shape index (κ1) is 15.2. The van der Waals surface area contributed by atoms with Gasteiger partial charge in [0.1, 0.15) is 4.99 Å². The Hall–Kier alpha value is -2.21. The number of imidazole rings is 1. The number of unbranched alkanes of at least 4 members (excludes halogenated alkanes) is 1. The van der Waals surface area contributed by atoms with Crippen molar-refractivity contribution in [1.82, 2.24) is 14.9 Å². The van der Waals surface area contributed by atoms with Crippen LogP contribution in [0.4, 0.5) is 0 Å². The van der Waals surface area contributed by atoms with E-state index in [-0.39, 0.29) is 5.91 Å². The van der Waals surface area contributed by atoms with Crippen molar-refractivity contribution in [3.8, 4) is 0 Å². The van der Waals surface area contributed by atoms with E-state index in [1.54, 1.807) is 36.8 Å². The molecule has 0 saturated heterocycles. The number of amides is 1. The van der Waals surface area contributed by atoms with Gasteiger partial charge in [0.25, 0.3) is 5.91 Å². The first-order chi connectivity index (χ1) is 10.2. The van der Waals surface area contributed by atoms with E-state index in [4.69, 9.17) is 18.0 Å². The van der Waals surface area contributed by atoms with E-state index in [2.05, 4.69) is 10.3 Å². The average molecular weight is 302 g/mol. The van der Waals surface area contributed by atoms with Crippen molar-refractivity contribution < 1.29 is 4.79 Å². The summed E-state index contributed by atoms with van der Waals surface area (Å²) in [5, 5.41) is 2.90. The molecule has 0 fully saturated rings. The van der Waals surface area contributed by atoms with Crippen LogP contribution in [-0.2, 0) is 6.54 Å². The van der Waals surface area contributed by atoms with Crippen LogP contribution >= 0.6 is 12.2 Å². The van der Waals surface area contributed by atoms with E-state index >= 15 is 0 Å². The van der Waals surface area contributed by atoms with Gasteiger partial charge in [0.05, 0.1) is 6.33 Å². The van der Waals surface area contributed by atoms with Crippen LogP contribution in [0.2, 0.25) is 0 Å². The third kappa shape index (κ3) is 4.68. The second kappa shape index (κ2) is 7.54. The number of nitrogens with two attached hydrogens (primary N) is 1. The second-order valence-corrected chi connectivity index (χ2v) is 5.14. The van der Waals surface area contributed by atoms with Crippen LogP contribution in [0.25, 0.3) is 0 Å². The van der Waals surface area contributed by atoms with Crippen molar-refractivity contribution >= 4 is 23.1 Å². The van der Waals surface area contributed by atoms with Crippen LogP contribution in [0.1, 0.15) is 28.8 Å². The summed E-state index contributed by atoms with van der Waals surface area (Å²) in [6.07, 6.45) is 7.41. The Kier molecular flexibility index (Phi) is 5.45. The van der Waals surface area contributed by atoms with Gasteiger partial charge in [-0.2, -0.15) is 0 Å². The highest BCUT2D eigenvalue weighted by atomic mass is 32.1. The van der Waals surface area contributed by atoms with Gasteiger partial charge in [-0.3, -0.25) is 4.79 Å². The van der Waals surface area contributed by atoms with Crippen molar-refractivity contribution in [1.29, 1.82) is 0 Å². The fourth-order valence-corrected chi connectivity index (χ4v) is 2.06. The third-order valence-corrected chi connectivity index (χ3v) is 3.36. The lowest BCUT2D eigenvalue weighted by Gasteiger charge is -2.06. The number of nitrogens with zero attached hydrogens (tertiary/aromatic N) is 2. The highest BCUT2D eigenvalue weighted by Gasteiger charge is 2.05. The molecule has 0 aliphatic rings. The lowest BCUT2D eigenvalue weighted by Crippen LogP contribution is -2.24. The highest BCUT2D eigenvalue weighted by Crippen LogP contribution is 2.04. The molecule has 0 aliphatic carbocycles. The molecular formula is C15H18N4OS. The number of aromatic nitrogens is 2. The molecule has 0 radical (unpaired) electrons.